The molecule has 0 saturated carbocycles. The average molecular weight is 245 g/mol. The minimum Gasteiger partial charge on any atom is -0.481 e. The van der Waals surface area contributed by atoms with Crippen LogP contribution in [0.3, 0.4) is 0 Å². The third-order valence-corrected chi connectivity index (χ3v) is 2.52. The molecule has 1 amide bonds. The molecule has 0 aliphatic heterocycles. The van der Waals surface area contributed by atoms with Crippen molar-refractivity contribution in [3.05, 3.63) is 0 Å². The van der Waals surface area contributed by atoms with Crippen molar-refractivity contribution >= 4 is 11.9 Å². The molecule has 0 aromatic rings. The largest absolute Gasteiger partial charge is 0.481 e. The molecule has 0 radical (unpaired) electrons. The predicted octanol–water partition coefficient (Wildman–Crippen LogP) is -0.635. The Morgan fingerprint density at radius 2 is 1.65 bits per heavy atom. The zero-order chi connectivity index (χ0) is 13.3. The Morgan fingerprint density at radius 3 is 2.00 bits per heavy atom. The summed E-state index contributed by atoms with van der Waals surface area (Å²) >= 11 is 0. The summed E-state index contributed by atoms with van der Waals surface area (Å²) in [6.45, 7) is 4.16. The van der Waals surface area contributed by atoms with Crippen LogP contribution in [0.5, 0.6) is 0 Å². The molecule has 0 heterocycles. The van der Waals surface area contributed by atoms with Gasteiger partial charge in [-0.05, 0) is 14.1 Å². The van der Waals surface area contributed by atoms with E-state index in [9.17, 15) is 9.59 Å². The van der Waals surface area contributed by atoms with Crippen LogP contribution in [0, 0.1) is 5.92 Å². The fourth-order valence-corrected chi connectivity index (χ4v) is 1.33. The highest BCUT2D eigenvalue weighted by molar-refractivity contribution is 5.82. The summed E-state index contributed by atoms with van der Waals surface area (Å²) in [4.78, 5) is 24.3. The van der Waals surface area contributed by atoms with Gasteiger partial charge >= 0.3 is 5.97 Å². The first kappa shape index (κ1) is 15.9. The molecule has 0 unspecified atom stereocenters. The Kier molecular flexibility index (Phi) is 8.35. The molecular weight excluding hydrogens is 222 g/mol. The second-order valence-corrected chi connectivity index (χ2v) is 4.03. The van der Waals surface area contributed by atoms with Crippen LogP contribution in [-0.2, 0) is 9.59 Å². The SMILES string of the molecule is CNCCN(CCNC)C(=O)C[C@H](C)C(=O)O. The molecule has 3 N–H and O–H groups in total. The quantitative estimate of drug-likeness (QED) is 0.503. The first-order valence-electron chi connectivity index (χ1n) is 5.82. The normalized spacial score (nSPS) is 12.2. The summed E-state index contributed by atoms with van der Waals surface area (Å²) in [5.41, 5.74) is 0. The predicted molar refractivity (Wildman–Crippen MR) is 65.9 cm³/mol. The van der Waals surface area contributed by atoms with Crippen LogP contribution in [0.15, 0.2) is 0 Å². The average Bonchev–Trinajstić information content (AvgIpc) is 2.28. The van der Waals surface area contributed by atoms with Crippen molar-refractivity contribution in [2.24, 2.45) is 5.92 Å². The summed E-state index contributed by atoms with van der Waals surface area (Å²) in [6, 6.07) is 0. The Morgan fingerprint density at radius 1 is 1.18 bits per heavy atom. The molecule has 17 heavy (non-hydrogen) atoms. The Labute approximate surface area is 102 Å². The second kappa shape index (κ2) is 8.95. The highest BCUT2D eigenvalue weighted by Gasteiger charge is 2.19. The number of likely N-dealkylation sites (N-methyl/N-ethyl adjacent to an activating group) is 2. The van der Waals surface area contributed by atoms with E-state index in [4.69, 9.17) is 5.11 Å². The minimum absolute atomic E-state index is 0.0583. The Balaban J connectivity index is 4.24. The van der Waals surface area contributed by atoms with E-state index in [-0.39, 0.29) is 12.3 Å². The van der Waals surface area contributed by atoms with Gasteiger partial charge in [-0.2, -0.15) is 0 Å². The van der Waals surface area contributed by atoms with Gasteiger partial charge in [0.25, 0.3) is 0 Å². The number of nitrogens with zero attached hydrogens (tertiary/aromatic N) is 1. The van der Waals surface area contributed by atoms with E-state index in [1.807, 2.05) is 14.1 Å². The second-order valence-electron chi connectivity index (χ2n) is 4.03. The molecule has 100 valence electrons. The maximum Gasteiger partial charge on any atom is 0.306 e. The van der Waals surface area contributed by atoms with E-state index >= 15 is 0 Å². The Hall–Kier alpha value is -1.14. The number of hydrogen-bond donors (Lipinski definition) is 3. The van der Waals surface area contributed by atoms with Gasteiger partial charge in [0.05, 0.1) is 5.92 Å². The summed E-state index contributed by atoms with van der Waals surface area (Å²) < 4.78 is 0. The first-order chi connectivity index (χ1) is 8.02. The molecule has 6 nitrogen and oxygen atoms in total. The van der Waals surface area contributed by atoms with E-state index in [0.717, 1.165) is 0 Å². The summed E-state index contributed by atoms with van der Waals surface area (Å²) in [5, 5.41) is 14.7. The third-order valence-electron chi connectivity index (χ3n) is 2.52. The molecule has 6 heteroatoms. The number of carboxylic acids is 1. The van der Waals surface area contributed by atoms with Crippen molar-refractivity contribution in [2.45, 2.75) is 13.3 Å². The summed E-state index contributed by atoms with van der Waals surface area (Å²) in [7, 11) is 3.64. The van der Waals surface area contributed by atoms with Crippen molar-refractivity contribution < 1.29 is 14.7 Å². The minimum atomic E-state index is -0.930. The van der Waals surface area contributed by atoms with Gasteiger partial charge in [-0.15, -0.1) is 0 Å². The highest BCUT2D eigenvalue weighted by atomic mass is 16.4. The van der Waals surface area contributed by atoms with Crippen LogP contribution in [0.1, 0.15) is 13.3 Å². The molecule has 0 saturated heterocycles. The van der Waals surface area contributed by atoms with Crippen molar-refractivity contribution in [1.82, 2.24) is 15.5 Å². The lowest BCUT2D eigenvalue weighted by Crippen LogP contribution is -2.40. The van der Waals surface area contributed by atoms with Gasteiger partial charge in [0.15, 0.2) is 0 Å². The van der Waals surface area contributed by atoms with Gasteiger partial charge in [-0.1, -0.05) is 6.92 Å². The van der Waals surface area contributed by atoms with Crippen molar-refractivity contribution in [1.29, 1.82) is 0 Å². The van der Waals surface area contributed by atoms with Gasteiger partial charge in [0.2, 0.25) is 5.91 Å². The van der Waals surface area contributed by atoms with Crippen molar-refractivity contribution in [3.8, 4) is 0 Å². The lowest BCUT2D eigenvalue weighted by atomic mass is 10.1. The van der Waals surface area contributed by atoms with Crippen LogP contribution in [0.4, 0.5) is 0 Å². The maximum atomic E-state index is 11.9. The van der Waals surface area contributed by atoms with Crippen LogP contribution in [-0.4, -0.2) is 62.2 Å². The number of rotatable bonds is 9. The van der Waals surface area contributed by atoms with Gasteiger partial charge in [0.1, 0.15) is 0 Å². The van der Waals surface area contributed by atoms with E-state index in [1.165, 1.54) is 0 Å². The van der Waals surface area contributed by atoms with Crippen molar-refractivity contribution in [3.63, 3.8) is 0 Å². The van der Waals surface area contributed by atoms with Crippen LogP contribution in [0.2, 0.25) is 0 Å². The van der Waals surface area contributed by atoms with E-state index in [1.54, 1.807) is 11.8 Å². The summed E-state index contributed by atoms with van der Waals surface area (Å²) in [6.07, 6.45) is 0.0583. The third kappa shape index (κ3) is 6.91. The number of carboxylic acid groups (broad SMARTS) is 1. The molecule has 0 aromatic carbocycles. The van der Waals surface area contributed by atoms with Gasteiger partial charge in [-0.3, -0.25) is 9.59 Å². The maximum absolute atomic E-state index is 11.9. The van der Waals surface area contributed by atoms with E-state index in [0.29, 0.717) is 26.2 Å². The molecule has 0 spiro atoms. The van der Waals surface area contributed by atoms with Crippen molar-refractivity contribution in [2.75, 3.05) is 40.3 Å². The zero-order valence-corrected chi connectivity index (χ0v) is 10.8. The van der Waals surface area contributed by atoms with Gasteiger partial charge in [-0.25, -0.2) is 0 Å². The molecule has 0 fully saturated rings. The smallest absolute Gasteiger partial charge is 0.306 e. The molecule has 1 atom stereocenters. The van der Waals surface area contributed by atoms with E-state index < -0.39 is 11.9 Å². The lowest BCUT2D eigenvalue weighted by Gasteiger charge is -2.23. The fraction of sp³-hybridized carbons (Fsp3) is 0.818. The van der Waals surface area contributed by atoms with E-state index in [2.05, 4.69) is 10.6 Å². The fourth-order valence-electron chi connectivity index (χ4n) is 1.33. The lowest BCUT2D eigenvalue weighted by molar-refractivity contribution is -0.145. The zero-order valence-electron chi connectivity index (χ0n) is 10.8. The molecule has 0 aliphatic rings. The number of aliphatic carboxylic acids is 1. The number of hydrogen-bond acceptors (Lipinski definition) is 4. The highest BCUT2D eigenvalue weighted by Crippen LogP contribution is 2.05. The van der Waals surface area contributed by atoms with Gasteiger partial charge < -0.3 is 20.6 Å². The topological polar surface area (TPSA) is 81.7 Å². The molecule has 0 bridgehead atoms. The molecule has 0 aromatic heterocycles. The first-order valence-corrected chi connectivity index (χ1v) is 5.82. The molecular formula is C11H23N3O3. The van der Waals surface area contributed by atoms with Crippen LogP contribution < -0.4 is 10.6 Å². The Bertz CT molecular complexity index is 238. The summed E-state index contributed by atoms with van der Waals surface area (Å²) in [5.74, 6) is -1.67. The number of carbonyl (C=O) groups excluding carboxylic acids is 1. The number of amides is 1. The van der Waals surface area contributed by atoms with Crippen LogP contribution >= 0.6 is 0 Å². The number of carbonyl (C=O) groups is 2. The van der Waals surface area contributed by atoms with Crippen LogP contribution in [0.25, 0.3) is 0 Å². The standard InChI is InChI=1S/C11H23N3O3/c1-9(11(16)17)8-10(15)14(6-4-12-2)7-5-13-3/h9,12-13H,4-8H2,1-3H3,(H,16,17)/t9-/m0/s1. The number of nitrogens with one attached hydrogen (secondary N) is 2. The van der Waals surface area contributed by atoms with Gasteiger partial charge in [0, 0.05) is 32.6 Å². The molecule has 0 rings (SSSR count). The monoisotopic (exact) mass is 245 g/mol. The molecule has 0 aliphatic carbocycles.